The molecule has 1 aromatic heterocycles. The molecule has 27 heavy (non-hydrogen) atoms. The molecule has 0 radical (unpaired) electrons. The van der Waals surface area contributed by atoms with Gasteiger partial charge in [0.2, 0.25) is 5.91 Å². The van der Waals surface area contributed by atoms with Crippen LogP contribution in [0.1, 0.15) is 38.9 Å². The normalized spacial score (nSPS) is 11.8. The Kier molecular flexibility index (Phi) is 5.35. The van der Waals surface area contributed by atoms with E-state index in [1.165, 1.54) is 0 Å². The summed E-state index contributed by atoms with van der Waals surface area (Å²) in [5, 5.41) is 7.14. The van der Waals surface area contributed by atoms with Crippen LogP contribution in [-0.2, 0) is 11.3 Å². The van der Waals surface area contributed by atoms with Crippen molar-refractivity contribution in [3.8, 4) is 0 Å². The molecule has 3 rings (SSSR count). The minimum Gasteiger partial charge on any atom is -0.368 e. The Hall–Kier alpha value is -3.41. The van der Waals surface area contributed by atoms with E-state index in [9.17, 15) is 9.59 Å². The summed E-state index contributed by atoms with van der Waals surface area (Å²) < 4.78 is 1.92. The van der Waals surface area contributed by atoms with Gasteiger partial charge in [0.05, 0.1) is 12.2 Å². The number of rotatable bonds is 6. The van der Waals surface area contributed by atoms with Gasteiger partial charge in [-0.25, -0.2) is 0 Å². The first kappa shape index (κ1) is 18.4. The number of carbonyl (C=O) groups excluding carboxylic acids is 2. The lowest BCUT2D eigenvalue weighted by molar-refractivity contribution is -0.120. The first-order chi connectivity index (χ1) is 12.9. The fraction of sp³-hybridized carbons (Fsp3) is 0.190. The molecule has 2 aromatic carbocycles. The van der Waals surface area contributed by atoms with E-state index < -0.39 is 11.9 Å². The van der Waals surface area contributed by atoms with Crippen LogP contribution in [0, 0.1) is 13.8 Å². The van der Waals surface area contributed by atoms with Gasteiger partial charge in [0.15, 0.2) is 0 Å². The van der Waals surface area contributed by atoms with Crippen LogP contribution >= 0.6 is 0 Å². The van der Waals surface area contributed by atoms with Crippen LogP contribution in [0.15, 0.2) is 60.7 Å². The second kappa shape index (κ2) is 7.86. The summed E-state index contributed by atoms with van der Waals surface area (Å²) in [6.07, 6.45) is 0. The van der Waals surface area contributed by atoms with E-state index in [1.807, 2.05) is 42.8 Å². The molecule has 1 atom stereocenters. The summed E-state index contributed by atoms with van der Waals surface area (Å²) in [5.41, 5.74) is 9.67. The lowest BCUT2D eigenvalue weighted by atomic mass is 10.1. The number of hydrogen-bond donors (Lipinski definition) is 2. The summed E-state index contributed by atoms with van der Waals surface area (Å²) in [6, 6.07) is 17.3. The maximum atomic E-state index is 12.5. The number of carbonyl (C=O) groups is 2. The highest BCUT2D eigenvalue weighted by atomic mass is 16.2. The number of benzene rings is 2. The van der Waals surface area contributed by atoms with Gasteiger partial charge in [0.25, 0.3) is 5.91 Å². The molecular formula is C21H22N4O2. The zero-order valence-electron chi connectivity index (χ0n) is 15.3. The number of hydrogen-bond acceptors (Lipinski definition) is 3. The van der Waals surface area contributed by atoms with Gasteiger partial charge in [0.1, 0.15) is 6.04 Å². The Morgan fingerprint density at radius 1 is 1.07 bits per heavy atom. The fourth-order valence-electron chi connectivity index (χ4n) is 2.95. The summed E-state index contributed by atoms with van der Waals surface area (Å²) in [5.74, 6) is -0.948. The van der Waals surface area contributed by atoms with Crippen molar-refractivity contribution in [1.82, 2.24) is 15.1 Å². The molecule has 0 saturated heterocycles. The highest BCUT2D eigenvalue weighted by Gasteiger charge is 2.20. The van der Waals surface area contributed by atoms with E-state index in [4.69, 9.17) is 5.73 Å². The van der Waals surface area contributed by atoms with Crippen LogP contribution in [0.4, 0.5) is 0 Å². The van der Waals surface area contributed by atoms with E-state index in [0.717, 1.165) is 17.0 Å². The molecule has 0 aliphatic rings. The number of primary amides is 1. The lowest BCUT2D eigenvalue weighted by Crippen LogP contribution is -2.37. The van der Waals surface area contributed by atoms with Gasteiger partial charge in [0, 0.05) is 11.3 Å². The molecule has 3 aromatic rings. The van der Waals surface area contributed by atoms with Gasteiger partial charge in [-0.3, -0.25) is 14.3 Å². The van der Waals surface area contributed by atoms with Crippen molar-refractivity contribution >= 4 is 11.8 Å². The number of aromatic nitrogens is 2. The van der Waals surface area contributed by atoms with Gasteiger partial charge in [-0.2, -0.15) is 5.10 Å². The second-order valence-corrected chi connectivity index (χ2v) is 6.50. The number of nitrogens with zero attached hydrogens (tertiary/aromatic N) is 2. The van der Waals surface area contributed by atoms with Crippen LogP contribution in [0.3, 0.4) is 0 Å². The van der Waals surface area contributed by atoms with E-state index in [2.05, 4.69) is 10.4 Å². The Balaban J connectivity index is 1.71. The van der Waals surface area contributed by atoms with E-state index in [0.29, 0.717) is 17.7 Å². The van der Waals surface area contributed by atoms with Crippen molar-refractivity contribution in [1.29, 1.82) is 0 Å². The number of amides is 2. The highest BCUT2D eigenvalue weighted by Crippen LogP contribution is 2.14. The SMILES string of the molecule is Cc1cc(C)n(Cc2ccc(C(=O)NC(C(N)=O)c3ccccc3)cc2)n1. The third kappa shape index (κ3) is 4.41. The highest BCUT2D eigenvalue weighted by molar-refractivity contribution is 5.97. The quantitative estimate of drug-likeness (QED) is 0.706. The smallest absolute Gasteiger partial charge is 0.252 e. The van der Waals surface area contributed by atoms with Gasteiger partial charge in [-0.15, -0.1) is 0 Å². The van der Waals surface area contributed by atoms with Crippen molar-refractivity contribution in [2.24, 2.45) is 5.73 Å². The van der Waals surface area contributed by atoms with Crippen molar-refractivity contribution in [2.75, 3.05) is 0 Å². The molecule has 0 bridgehead atoms. The van der Waals surface area contributed by atoms with Crippen molar-refractivity contribution in [3.63, 3.8) is 0 Å². The molecule has 1 unspecified atom stereocenters. The fourth-order valence-corrected chi connectivity index (χ4v) is 2.95. The van der Waals surface area contributed by atoms with Crippen LogP contribution in [0.5, 0.6) is 0 Å². The summed E-state index contributed by atoms with van der Waals surface area (Å²) in [6.45, 7) is 4.60. The van der Waals surface area contributed by atoms with E-state index >= 15 is 0 Å². The Morgan fingerprint density at radius 2 is 1.74 bits per heavy atom. The van der Waals surface area contributed by atoms with Crippen LogP contribution in [0.25, 0.3) is 0 Å². The minimum atomic E-state index is -0.868. The molecule has 0 aliphatic heterocycles. The second-order valence-electron chi connectivity index (χ2n) is 6.50. The molecule has 6 heteroatoms. The first-order valence-corrected chi connectivity index (χ1v) is 8.69. The topological polar surface area (TPSA) is 90.0 Å². The first-order valence-electron chi connectivity index (χ1n) is 8.69. The molecule has 0 spiro atoms. The average Bonchev–Trinajstić information content (AvgIpc) is 2.97. The van der Waals surface area contributed by atoms with Crippen molar-refractivity contribution in [2.45, 2.75) is 26.4 Å². The summed E-state index contributed by atoms with van der Waals surface area (Å²) >= 11 is 0. The van der Waals surface area contributed by atoms with Gasteiger partial charge >= 0.3 is 0 Å². The summed E-state index contributed by atoms with van der Waals surface area (Å²) in [7, 11) is 0. The predicted molar refractivity (Wildman–Crippen MR) is 103 cm³/mol. The maximum absolute atomic E-state index is 12.5. The van der Waals surface area contributed by atoms with Crippen molar-refractivity contribution < 1.29 is 9.59 Å². The van der Waals surface area contributed by atoms with Crippen molar-refractivity contribution in [3.05, 3.63) is 88.7 Å². The Bertz CT molecular complexity index is 946. The van der Waals surface area contributed by atoms with Crippen LogP contribution < -0.4 is 11.1 Å². The molecule has 0 aliphatic carbocycles. The largest absolute Gasteiger partial charge is 0.368 e. The average molecular weight is 362 g/mol. The zero-order chi connectivity index (χ0) is 19.4. The number of nitrogens with two attached hydrogens (primary N) is 1. The molecule has 2 amide bonds. The molecule has 3 N–H and O–H groups in total. The van der Waals surface area contributed by atoms with Crippen LogP contribution in [-0.4, -0.2) is 21.6 Å². The Morgan fingerprint density at radius 3 is 2.30 bits per heavy atom. The molecular weight excluding hydrogens is 340 g/mol. The zero-order valence-corrected chi connectivity index (χ0v) is 15.3. The lowest BCUT2D eigenvalue weighted by Gasteiger charge is -2.16. The van der Waals surface area contributed by atoms with E-state index in [1.54, 1.807) is 36.4 Å². The molecule has 0 saturated carbocycles. The Labute approximate surface area is 158 Å². The molecule has 0 fully saturated rings. The van der Waals surface area contributed by atoms with Gasteiger partial charge < -0.3 is 11.1 Å². The number of nitrogens with one attached hydrogen (secondary N) is 1. The third-order valence-electron chi connectivity index (χ3n) is 4.34. The standard InChI is InChI=1S/C21H22N4O2/c1-14-12-15(2)25(24-14)13-16-8-10-18(11-9-16)21(27)23-19(20(22)26)17-6-4-3-5-7-17/h3-12,19H,13H2,1-2H3,(H2,22,26)(H,23,27). The number of aryl methyl sites for hydroxylation is 2. The molecule has 6 nitrogen and oxygen atoms in total. The van der Waals surface area contributed by atoms with Gasteiger partial charge in [-0.1, -0.05) is 42.5 Å². The van der Waals surface area contributed by atoms with Crippen LogP contribution in [0.2, 0.25) is 0 Å². The predicted octanol–water partition coefficient (Wildman–Crippen LogP) is 2.50. The monoisotopic (exact) mass is 362 g/mol. The molecule has 138 valence electrons. The minimum absolute atomic E-state index is 0.347. The molecule has 1 heterocycles. The van der Waals surface area contributed by atoms with Gasteiger partial charge in [-0.05, 0) is 43.2 Å². The van der Waals surface area contributed by atoms with E-state index in [-0.39, 0.29) is 5.91 Å². The third-order valence-corrected chi connectivity index (χ3v) is 4.34. The summed E-state index contributed by atoms with van der Waals surface area (Å²) in [4.78, 5) is 24.3. The maximum Gasteiger partial charge on any atom is 0.252 e.